The normalized spacial score (nSPS) is 15.5. The summed E-state index contributed by atoms with van der Waals surface area (Å²) in [7, 11) is 1.56. The van der Waals surface area contributed by atoms with Gasteiger partial charge in [0.1, 0.15) is 5.75 Å². The number of ether oxygens (including phenoxy) is 1. The Labute approximate surface area is 153 Å². The molecule has 2 N–H and O–H groups in total. The number of rotatable bonds is 6. The molecule has 0 aliphatic heterocycles. The van der Waals surface area contributed by atoms with Crippen molar-refractivity contribution in [3.8, 4) is 5.75 Å². The molecule has 0 aromatic heterocycles. The lowest BCUT2D eigenvalue weighted by atomic mass is 10.0. The predicted molar refractivity (Wildman–Crippen MR) is 102 cm³/mol. The molecule has 5 nitrogen and oxygen atoms in total. The third kappa shape index (κ3) is 4.51. The van der Waals surface area contributed by atoms with Crippen LogP contribution in [0.4, 0.5) is 11.4 Å². The molecule has 1 aliphatic carbocycles. The molecule has 0 heterocycles. The summed E-state index contributed by atoms with van der Waals surface area (Å²) in [6.07, 6.45) is 6.80. The van der Waals surface area contributed by atoms with Crippen LogP contribution >= 0.6 is 0 Å². The minimum absolute atomic E-state index is 0.00669. The van der Waals surface area contributed by atoms with Gasteiger partial charge in [0.25, 0.3) is 5.91 Å². The zero-order valence-electron chi connectivity index (χ0n) is 14.7. The van der Waals surface area contributed by atoms with Gasteiger partial charge in [-0.15, -0.1) is 0 Å². The molecule has 0 fully saturated rings. The molecule has 0 unspecified atom stereocenters. The van der Waals surface area contributed by atoms with E-state index in [0.29, 0.717) is 35.0 Å². The summed E-state index contributed by atoms with van der Waals surface area (Å²) < 4.78 is 5.23. The van der Waals surface area contributed by atoms with E-state index in [4.69, 9.17) is 4.74 Å². The fourth-order valence-electron chi connectivity index (χ4n) is 2.96. The monoisotopic (exact) mass is 350 g/mol. The van der Waals surface area contributed by atoms with E-state index in [1.807, 2.05) is 12.1 Å². The summed E-state index contributed by atoms with van der Waals surface area (Å²) in [5.74, 6) is 0.697. The van der Waals surface area contributed by atoms with E-state index < -0.39 is 0 Å². The van der Waals surface area contributed by atoms with E-state index in [1.54, 1.807) is 43.5 Å². The topological polar surface area (TPSA) is 67.4 Å². The van der Waals surface area contributed by atoms with Crippen LogP contribution in [-0.2, 0) is 4.79 Å². The van der Waals surface area contributed by atoms with Crippen LogP contribution in [-0.4, -0.2) is 18.9 Å². The van der Waals surface area contributed by atoms with E-state index in [2.05, 4.69) is 22.8 Å². The molecule has 5 heteroatoms. The highest BCUT2D eigenvalue weighted by atomic mass is 16.5. The van der Waals surface area contributed by atoms with E-state index in [-0.39, 0.29) is 11.8 Å². The highest BCUT2D eigenvalue weighted by Crippen LogP contribution is 2.24. The van der Waals surface area contributed by atoms with Crippen LogP contribution in [0.25, 0.3) is 0 Å². The van der Waals surface area contributed by atoms with Gasteiger partial charge < -0.3 is 15.4 Å². The first-order valence-corrected chi connectivity index (χ1v) is 8.66. The highest BCUT2D eigenvalue weighted by Gasteiger charge is 2.14. The maximum absolute atomic E-state index is 12.4. The Morgan fingerprint density at radius 2 is 1.85 bits per heavy atom. The summed E-state index contributed by atoms with van der Waals surface area (Å²) in [4.78, 5) is 24.4. The quantitative estimate of drug-likeness (QED) is 0.766. The fourth-order valence-corrected chi connectivity index (χ4v) is 2.96. The lowest BCUT2D eigenvalue weighted by molar-refractivity contribution is -0.116. The van der Waals surface area contributed by atoms with Gasteiger partial charge in [-0.3, -0.25) is 9.59 Å². The molecule has 2 aromatic rings. The molecule has 3 rings (SSSR count). The average Bonchev–Trinajstić information content (AvgIpc) is 3.15. The molecule has 26 heavy (non-hydrogen) atoms. The third-order valence-corrected chi connectivity index (χ3v) is 4.35. The first-order chi connectivity index (χ1) is 12.7. The molecular formula is C21H22N2O3. The zero-order valence-corrected chi connectivity index (χ0v) is 14.7. The maximum Gasteiger partial charge on any atom is 0.255 e. The Morgan fingerprint density at radius 3 is 2.54 bits per heavy atom. The van der Waals surface area contributed by atoms with Gasteiger partial charge in [0, 0.05) is 17.7 Å². The molecule has 0 bridgehead atoms. The molecule has 0 saturated carbocycles. The van der Waals surface area contributed by atoms with Crippen molar-refractivity contribution in [2.24, 2.45) is 5.92 Å². The number of methoxy groups -OCH3 is 1. The van der Waals surface area contributed by atoms with Gasteiger partial charge >= 0.3 is 0 Å². The molecular weight excluding hydrogens is 328 g/mol. The number of nitrogens with one attached hydrogen (secondary N) is 2. The number of para-hydroxylation sites is 2. The van der Waals surface area contributed by atoms with Crippen LogP contribution in [0.3, 0.4) is 0 Å². The van der Waals surface area contributed by atoms with Gasteiger partial charge in [-0.1, -0.05) is 24.3 Å². The second-order valence-electron chi connectivity index (χ2n) is 6.25. The largest absolute Gasteiger partial charge is 0.495 e. The number of allylic oxidation sites excluding steroid dienone is 2. The van der Waals surface area contributed by atoms with E-state index in [9.17, 15) is 9.59 Å². The third-order valence-electron chi connectivity index (χ3n) is 4.35. The molecule has 134 valence electrons. The number of benzene rings is 2. The summed E-state index contributed by atoms with van der Waals surface area (Å²) in [5, 5.41) is 5.71. The van der Waals surface area contributed by atoms with Crippen molar-refractivity contribution in [1.82, 2.24) is 0 Å². The van der Waals surface area contributed by atoms with Gasteiger partial charge in [-0.25, -0.2) is 0 Å². The lowest BCUT2D eigenvalue weighted by Crippen LogP contribution is -2.15. The maximum atomic E-state index is 12.4. The van der Waals surface area contributed by atoms with Crippen LogP contribution in [0.5, 0.6) is 5.75 Å². The SMILES string of the molecule is COc1ccccc1NC(=O)c1ccc(NC(=O)C[C@H]2C=CCC2)cc1. The Hall–Kier alpha value is -3.08. The van der Waals surface area contributed by atoms with Crippen LogP contribution in [0.15, 0.2) is 60.7 Å². The van der Waals surface area contributed by atoms with Crippen molar-refractivity contribution < 1.29 is 14.3 Å². The molecule has 0 radical (unpaired) electrons. The van der Waals surface area contributed by atoms with Crippen molar-refractivity contribution in [2.75, 3.05) is 17.7 Å². The lowest BCUT2D eigenvalue weighted by Gasteiger charge is -2.11. The number of hydrogen-bond acceptors (Lipinski definition) is 3. The summed E-state index contributed by atoms with van der Waals surface area (Å²) in [5.41, 5.74) is 1.81. The van der Waals surface area contributed by atoms with Gasteiger partial charge in [0.15, 0.2) is 0 Å². The minimum atomic E-state index is -0.233. The Morgan fingerprint density at radius 1 is 1.08 bits per heavy atom. The zero-order chi connectivity index (χ0) is 18.4. The van der Waals surface area contributed by atoms with E-state index in [1.165, 1.54) is 0 Å². The number of carbonyl (C=O) groups is 2. The minimum Gasteiger partial charge on any atom is -0.495 e. The molecule has 2 amide bonds. The van der Waals surface area contributed by atoms with Crippen LogP contribution in [0.1, 0.15) is 29.6 Å². The Kier molecular flexibility index (Phi) is 5.69. The van der Waals surface area contributed by atoms with Crippen LogP contribution in [0.2, 0.25) is 0 Å². The van der Waals surface area contributed by atoms with E-state index in [0.717, 1.165) is 12.8 Å². The summed E-state index contributed by atoms with van der Waals surface area (Å²) >= 11 is 0. The van der Waals surface area contributed by atoms with Crippen LogP contribution < -0.4 is 15.4 Å². The Bertz CT molecular complexity index is 812. The number of carbonyl (C=O) groups excluding carboxylic acids is 2. The van der Waals surface area contributed by atoms with Crippen molar-refractivity contribution >= 4 is 23.2 Å². The van der Waals surface area contributed by atoms with Gasteiger partial charge in [-0.2, -0.15) is 0 Å². The van der Waals surface area contributed by atoms with Gasteiger partial charge in [-0.05, 0) is 55.2 Å². The summed E-state index contributed by atoms with van der Waals surface area (Å²) in [6.45, 7) is 0. The predicted octanol–water partition coefficient (Wildman–Crippen LogP) is 4.24. The van der Waals surface area contributed by atoms with Crippen molar-refractivity contribution in [1.29, 1.82) is 0 Å². The second kappa shape index (κ2) is 8.34. The first-order valence-electron chi connectivity index (χ1n) is 8.66. The van der Waals surface area contributed by atoms with E-state index >= 15 is 0 Å². The average molecular weight is 350 g/mol. The molecule has 2 aromatic carbocycles. The molecule has 0 spiro atoms. The van der Waals surface area contributed by atoms with Gasteiger partial charge in [0.05, 0.1) is 12.8 Å². The number of hydrogen-bond donors (Lipinski definition) is 2. The number of amides is 2. The van der Waals surface area contributed by atoms with Gasteiger partial charge in [0.2, 0.25) is 5.91 Å². The second-order valence-corrected chi connectivity index (χ2v) is 6.25. The highest BCUT2D eigenvalue weighted by molar-refractivity contribution is 6.05. The molecule has 1 atom stereocenters. The van der Waals surface area contributed by atoms with Crippen molar-refractivity contribution in [3.63, 3.8) is 0 Å². The Balaban J connectivity index is 1.59. The fraction of sp³-hybridized carbons (Fsp3) is 0.238. The standard InChI is InChI=1S/C21H22N2O3/c1-26-19-9-5-4-8-18(19)23-21(25)16-10-12-17(13-11-16)22-20(24)14-15-6-2-3-7-15/h2,4-6,8-13,15H,3,7,14H2,1H3,(H,22,24)(H,23,25)/t15-/m0/s1. The number of anilines is 2. The smallest absolute Gasteiger partial charge is 0.255 e. The van der Waals surface area contributed by atoms with Crippen molar-refractivity contribution in [2.45, 2.75) is 19.3 Å². The molecule has 1 aliphatic rings. The first kappa shape index (κ1) is 17.7. The summed E-state index contributed by atoms with van der Waals surface area (Å²) in [6, 6.07) is 14.1. The molecule has 0 saturated heterocycles. The van der Waals surface area contributed by atoms with Crippen molar-refractivity contribution in [3.05, 3.63) is 66.2 Å². The van der Waals surface area contributed by atoms with Crippen LogP contribution in [0, 0.1) is 5.92 Å².